The van der Waals surface area contributed by atoms with Gasteiger partial charge in [0, 0.05) is 59.8 Å². The lowest BCUT2D eigenvalue weighted by atomic mass is 10.1. The van der Waals surface area contributed by atoms with E-state index in [0.29, 0.717) is 39.9 Å². The van der Waals surface area contributed by atoms with Crippen LogP contribution in [-0.2, 0) is 6.61 Å². The maximum Gasteiger partial charge on any atom is 0.256 e. The van der Waals surface area contributed by atoms with E-state index < -0.39 is 6.17 Å². The van der Waals surface area contributed by atoms with Crippen molar-refractivity contribution < 1.29 is 23.5 Å². The van der Waals surface area contributed by atoms with E-state index in [1.807, 2.05) is 55.5 Å². The van der Waals surface area contributed by atoms with Crippen LogP contribution in [-0.4, -0.2) is 63.7 Å². The van der Waals surface area contributed by atoms with Crippen LogP contribution in [0.3, 0.4) is 0 Å². The number of halogens is 1. The molecule has 0 saturated carbocycles. The number of hydrogen-bond acceptors (Lipinski definition) is 9. The molecule has 2 aliphatic heterocycles. The first-order valence-electron chi connectivity index (χ1n) is 15.7. The van der Waals surface area contributed by atoms with Crippen molar-refractivity contribution in [2.75, 3.05) is 24.3 Å². The molecule has 2 N–H and O–H groups in total. The molecule has 49 heavy (non-hydrogen) atoms. The number of rotatable bonds is 9. The van der Waals surface area contributed by atoms with Crippen LogP contribution in [0.5, 0.6) is 11.5 Å². The fourth-order valence-electron chi connectivity index (χ4n) is 5.77. The Labute approximate surface area is 281 Å². The van der Waals surface area contributed by atoms with Gasteiger partial charge in [-0.3, -0.25) is 19.6 Å². The van der Waals surface area contributed by atoms with E-state index in [2.05, 4.69) is 30.6 Å². The zero-order valence-corrected chi connectivity index (χ0v) is 26.8. The minimum Gasteiger partial charge on any atom is -0.493 e. The number of carbonyl (C=O) groups excluding carboxylic acids is 2. The third-order valence-corrected chi connectivity index (χ3v) is 8.42. The van der Waals surface area contributed by atoms with Gasteiger partial charge in [-0.15, -0.1) is 0 Å². The number of pyridine rings is 1. The molecule has 12 heteroatoms. The number of nitrogens with one attached hydrogen (secondary N) is 2. The highest BCUT2D eigenvalue weighted by Crippen LogP contribution is 2.38. The topological polar surface area (TPSA) is 131 Å². The first kappa shape index (κ1) is 31.4. The molecule has 4 heterocycles. The Morgan fingerprint density at radius 2 is 1.90 bits per heavy atom. The lowest BCUT2D eigenvalue weighted by Gasteiger charge is -2.20. The third kappa shape index (κ3) is 6.79. The first-order valence-corrected chi connectivity index (χ1v) is 15.7. The summed E-state index contributed by atoms with van der Waals surface area (Å²) in [6.45, 7) is 2.19. The van der Waals surface area contributed by atoms with E-state index in [4.69, 9.17) is 9.47 Å². The van der Waals surface area contributed by atoms with Crippen molar-refractivity contribution in [1.82, 2.24) is 19.9 Å². The van der Waals surface area contributed by atoms with Gasteiger partial charge in [0.05, 0.1) is 36.6 Å². The average molecular weight is 658 g/mol. The molecule has 1 saturated heterocycles. The second-order valence-corrected chi connectivity index (χ2v) is 11.8. The van der Waals surface area contributed by atoms with E-state index in [1.54, 1.807) is 49.1 Å². The summed E-state index contributed by atoms with van der Waals surface area (Å²) in [4.78, 5) is 45.4. The van der Waals surface area contributed by atoms with Gasteiger partial charge in [0.2, 0.25) is 5.95 Å². The fraction of sp³-hybridized carbons (Fsp3) is 0.189. The molecule has 0 spiro atoms. The number of aromatic nitrogens is 3. The van der Waals surface area contributed by atoms with Crippen molar-refractivity contribution >= 4 is 41.0 Å². The van der Waals surface area contributed by atoms with Crippen LogP contribution >= 0.6 is 0 Å². The van der Waals surface area contributed by atoms with Crippen LogP contribution < -0.4 is 20.1 Å². The number of carbonyl (C=O) groups is 2. The molecular formula is C37H32FN7O4. The molecular weight excluding hydrogens is 625 g/mol. The average Bonchev–Trinajstić information content (AvgIpc) is 3.46. The van der Waals surface area contributed by atoms with Crippen molar-refractivity contribution in [2.24, 2.45) is 4.99 Å². The number of ether oxygens (including phenoxy) is 2. The second kappa shape index (κ2) is 13.5. The zero-order chi connectivity index (χ0) is 33.9. The SMILES string of the molecule is COc1cc2c(cc1OCc1ccc(C(=O)Nc3ccc(C)c(Nc4nccc(-c5cccnc5)n4)c3)cc1)N=C[C@@H]1C[C@H](F)CN1C2=O. The molecule has 2 atom stereocenters. The van der Waals surface area contributed by atoms with Gasteiger partial charge in [-0.25, -0.2) is 14.4 Å². The molecule has 5 aromatic rings. The highest BCUT2D eigenvalue weighted by molar-refractivity contribution is 6.05. The standard InChI is InChI=1S/C37H32FN7O4/c1-22-5-10-27(15-31(22)44-37-40-13-11-30(43-37)25-4-3-12-39-18-25)42-35(46)24-8-6-23(7-9-24)21-49-34-17-32-29(16-33(34)48-2)36(47)45-20-26(38)14-28(45)19-41-32/h3-13,15-19,26,28H,14,20-21H2,1-2H3,(H,42,46)(H,40,43,44)/t26-,28-/m0/s1. The molecule has 11 nitrogen and oxygen atoms in total. The number of aliphatic imine (C=N–C) groups is 1. The van der Waals surface area contributed by atoms with Crippen LogP contribution in [0.1, 0.15) is 38.3 Å². The highest BCUT2D eigenvalue weighted by Gasteiger charge is 2.37. The van der Waals surface area contributed by atoms with Gasteiger partial charge in [0.25, 0.3) is 11.8 Å². The quantitative estimate of drug-likeness (QED) is 0.179. The normalized spacial score (nSPS) is 16.4. The van der Waals surface area contributed by atoms with E-state index in [0.717, 1.165) is 28.1 Å². The molecule has 3 aromatic carbocycles. The van der Waals surface area contributed by atoms with Crippen LogP contribution in [0.15, 0.2) is 96.4 Å². The van der Waals surface area contributed by atoms with Crippen LogP contribution in [0.2, 0.25) is 0 Å². The Morgan fingerprint density at radius 1 is 1.04 bits per heavy atom. The molecule has 0 bridgehead atoms. The maximum absolute atomic E-state index is 14.0. The van der Waals surface area contributed by atoms with Gasteiger partial charge in [-0.2, -0.15) is 0 Å². The highest BCUT2D eigenvalue weighted by atomic mass is 19.1. The van der Waals surface area contributed by atoms with E-state index in [1.165, 1.54) is 12.0 Å². The zero-order valence-electron chi connectivity index (χ0n) is 26.8. The summed E-state index contributed by atoms with van der Waals surface area (Å²) in [5, 5.41) is 6.21. The monoisotopic (exact) mass is 657 g/mol. The van der Waals surface area contributed by atoms with Gasteiger partial charge in [-0.1, -0.05) is 18.2 Å². The van der Waals surface area contributed by atoms with Crippen LogP contribution in [0, 0.1) is 6.92 Å². The van der Waals surface area contributed by atoms with E-state index in [9.17, 15) is 14.0 Å². The smallest absolute Gasteiger partial charge is 0.256 e. The van der Waals surface area contributed by atoms with Gasteiger partial charge < -0.3 is 25.0 Å². The number of hydrogen-bond donors (Lipinski definition) is 2. The predicted octanol–water partition coefficient (Wildman–Crippen LogP) is 6.70. The number of methoxy groups -OCH3 is 1. The van der Waals surface area contributed by atoms with Gasteiger partial charge >= 0.3 is 0 Å². The number of anilines is 3. The molecule has 0 radical (unpaired) electrons. The lowest BCUT2D eigenvalue weighted by molar-refractivity contribution is 0.0765. The molecule has 2 aliphatic rings. The van der Waals surface area contributed by atoms with Crippen LogP contribution in [0.25, 0.3) is 11.3 Å². The maximum atomic E-state index is 14.0. The van der Waals surface area contributed by atoms with Gasteiger partial charge in [0.1, 0.15) is 12.8 Å². The summed E-state index contributed by atoms with van der Waals surface area (Å²) in [5.74, 6) is 0.651. The number of amides is 2. The number of aryl methyl sites for hydroxylation is 1. The Kier molecular flexibility index (Phi) is 8.67. The third-order valence-electron chi connectivity index (χ3n) is 8.42. The molecule has 1 fully saturated rings. The lowest BCUT2D eigenvalue weighted by Crippen LogP contribution is -2.35. The molecule has 246 valence electrons. The summed E-state index contributed by atoms with van der Waals surface area (Å²) in [6.07, 6.45) is 5.92. The van der Waals surface area contributed by atoms with Crippen molar-refractivity contribution in [3.63, 3.8) is 0 Å². The number of benzene rings is 3. The van der Waals surface area contributed by atoms with Gasteiger partial charge in [0.15, 0.2) is 11.5 Å². The number of alkyl halides is 1. The first-order chi connectivity index (χ1) is 23.8. The molecule has 2 amide bonds. The van der Waals surface area contributed by atoms with E-state index in [-0.39, 0.29) is 37.4 Å². The Balaban J connectivity index is 0.998. The van der Waals surface area contributed by atoms with Crippen molar-refractivity contribution in [2.45, 2.75) is 32.2 Å². The van der Waals surface area contributed by atoms with Crippen molar-refractivity contribution in [1.29, 1.82) is 0 Å². The summed E-state index contributed by atoms with van der Waals surface area (Å²) in [6, 6.07) is 21.1. The van der Waals surface area contributed by atoms with Crippen molar-refractivity contribution in [3.8, 4) is 22.8 Å². The molecule has 0 aliphatic carbocycles. The minimum atomic E-state index is -1.06. The Morgan fingerprint density at radius 3 is 2.69 bits per heavy atom. The number of nitrogens with zero attached hydrogens (tertiary/aromatic N) is 5. The summed E-state index contributed by atoms with van der Waals surface area (Å²) in [7, 11) is 1.49. The molecule has 2 aromatic heterocycles. The predicted molar refractivity (Wildman–Crippen MR) is 184 cm³/mol. The molecule has 0 unspecified atom stereocenters. The number of fused-ring (bicyclic) bond motifs is 2. The van der Waals surface area contributed by atoms with Crippen molar-refractivity contribution in [3.05, 3.63) is 114 Å². The summed E-state index contributed by atoms with van der Waals surface area (Å²) >= 11 is 0. The van der Waals surface area contributed by atoms with Crippen LogP contribution in [0.4, 0.5) is 27.4 Å². The Bertz CT molecular complexity index is 2060. The fourth-order valence-corrected chi connectivity index (χ4v) is 5.77. The van der Waals surface area contributed by atoms with Gasteiger partial charge in [-0.05, 0) is 66.6 Å². The summed E-state index contributed by atoms with van der Waals surface area (Å²) in [5.41, 5.74) is 6.01. The summed E-state index contributed by atoms with van der Waals surface area (Å²) < 4.78 is 25.5. The Hall–Kier alpha value is -6.17. The molecule has 7 rings (SSSR count). The van der Waals surface area contributed by atoms with E-state index >= 15 is 0 Å². The second-order valence-electron chi connectivity index (χ2n) is 11.8. The minimum absolute atomic E-state index is 0.0468. The largest absolute Gasteiger partial charge is 0.493 e.